The first-order chi connectivity index (χ1) is 8.47. The van der Waals surface area contributed by atoms with Gasteiger partial charge < -0.3 is 10.6 Å². The Kier molecular flexibility index (Phi) is 4.33. The number of anilines is 1. The van der Waals surface area contributed by atoms with Crippen LogP contribution in [0.3, 0.4) is 0 Å². The molecule has 2 N–H and O–H groups in total. The highest BCUT2D eigenvalue weighted by Gasteiger charge is 2.23. The van der Waals surface area contributed by atoms with Crippen LogP contribution >= 0.6 is 15.9 Å². The second-order valence-electron chi connectivity index (χ2n) is 5.85. The van der Waals surface area contributed by atoms with E-state index < -0.39 is 0 Å². The maximum Gasteiger partial charge on any atom is 0.0511 e. The first-order valence-corrected chi connectivity index (χ1v) is 7.56. The van der Waals surface area contributed by atoms with Crippen molar-refractivity contribution in [3.8, 4) is 0 Å². The van der Waals surface area contributed by atoms with Gasteiger partial charge in [0.15, 0.2) is 0 Å². The molecule has 100 valence electrons. The van der Waals surface area contributed by atoms with Crippen LogP contribution in [0.25, 0.3) is 0 Å². The van der Waals surface area contributed by atoms with Crippen molar-refractivity contribution >= 4 is 21.6 Å². The molecule has 0 spiro atoms. The molecule has 1 saturated heterocycles. The summed E-state index contributed by atoms with van der Waals surface area (Å²) in [6.45, 7) is 9.01. The van der Waals surface area contributed by atoms with Crippen LogP contribution in [0.4, 0.5) is 5.69 Å². The number of nitrogens with two attached hydrogens (primary N) is 1. The van der Waals surface area contributed by atoms with E-state index in [2.05, 4.69) is 52.9 Å². The van der Waals surface area contributed by atoms with E-state index in [9.17, 15) is 0 Å². The fraction of sp³-hybridized carbons (Fsp3) is 0.600. The number of hydrogen-bond acceptors (Lipinski definition) is 2. The van der Waals surface area contributed by atoms with Crippen LogP contribution < -0.4 is 10.6 Å². The van der Waals surface area contributed by atoms with Crippen LogP contribution in [0.5, 0.6) is 0 Å². The molecule has 2 nitrogen and oxygen atoms in total. The van der Waals surface area contributed by atoms with Crippen LogP contribution in [-0.2, 0) is 0 Å². The Morgan fingerprint density at radius 1 is 1.28 bits per heavy atom. The number of benzene rings is 1. The third-order valence-corrected chi connectivity index (χ3v) is 4.34. The quantitative estimate of drug-likeness (QED) is 0.896. The normalized spacial score (nSPS) is 26.2. The van der Waals surface area contributed by atoms with E-state index >= 15 is 0 Å². The Hall–Kier alpha value is -0.540. The van der Waals surface area contributed by atoms with Gasteiger partial charge in [-0.05, 0) is 58.8 Å². The van der Waals surface area contributed by atoms with Gasteiger partial charge in [-0.1, -0.05) is 19.9 Å². The largest absolute Gasteiger partial charge is 0.370 e. The average molecular weight is 311 g/mol. The molecule has 1 aromatic rings. The summed E-state index contributed by atoms with van der Waals surface area (Å²) in [5, 5.41) is 0. The molecule has 3 unspecified atom stereocenters. The van der Waals surface area contributed by atoms with Crippen molar-refractivity contribution in [2.24, 2.45) is 17.6 Å². The topological polar surface area (TPSA) is 29.3 Å². The molecular formula is C15H23BrN2. The lowest BCUT2D eigenvalue weighted by atomic mass is 9.91. The number of nitrogens with zero attached hydrogens (tertiary/aromatic N) is 1. The van der Waals surface area contributed by atoms with Gasteiger partial charge in [-0.3, -0.25) is 0 Å². The highest BCUT2D eigenvalue weighted by atomic mass is 79.9. The summed E-state index contributed by atoms with van der Waals surface area (Å²) in [5.74, 6) is 1.54. The molecule has 1 heterocycles. The van der Waals surface area contributed by atoms with Crippen molar-refractivity contribution in [3.05, 3.63) is 28.2 Å². The number of piperidine rings is 1. The van der Waals surface area contributed by atoms with Gasteiger partial charge in [-0.15, -0.1) is 0 Å². The van der Waals surface area contributed by atoms with E-state index in [0.717, 1.165) is 24.9 Å². The summed E-state index contributed by atoms with van der Waals surface area (Å²) in [4.78, 5) is 2.49. The van der Waals surface area contributed by atoms with Crippen molar-refractivity contribution in [2.75, 3.05) is 18.0 Å². The monoisotopic (exact) mass is 310 g/mol. The summed E-state index contributed by atoms with van der Waals surface area (Å²) in [6.07, 6.45) is 1.34. The predicted molar refractivity (Wildman–Crippen MR) is 81.9 cm³/mol. The molecule has 0 radical (unpaired) electrons. The molecule has 1 fully saturated rings. The zero-order valence-electron chi connectivity index (χ0n) is 11.5. The van der Waals surface area contributed by atoms with E-state index in [1.807, 2.05) is 6.92 Å². The summed E-state index contributed by atoms with van der Waals surface area (Å²) >= 11 is 3.69. The molecule has 2 rings (SSSR count). The van der Waals surface area contributed by atoms with Gasteiger partial charge in [-0.2, -0.15) is 0 Å². The van der Waals surface area contributed by atoms with Gasteiger partial charge in [0.2, 0.25) is 0 Å². The molecular weight excluding hydrogens is 288 g/mol. The molecule has 0 bridgehead atoms. The van der Waals surface area contributed by atoms with Gasteiger partial charge in [0.25, 0.3) is 0 Å². The molecule has 0 aliphatic carbocycles. The standard InChI is InChI=1S/C15H23BrN2/c1-10-6-11(2)9-18(8-10)15-5-4-13(12(3)17)7-14(15)16/h4-5,7,10-12H,6,8-9,17H2,1-3H3. The number of halogens is 1. The molecule has 18 heavy (non-hydrogen) atoms. The fourth-order valence-electron chi connectivity index (χ4n) is 2.92. The molecule has 3 heteroatoms. The summed E-state index contributed by atoms with van der Waals surface area (Å²) in [6, 6.07) is 6.60. The minimum Gasteiger partial charge on any atom is -0.370 e. The van der Waals surface area contributed by atoms with Crippen LogP contribution in [0.15, 0.2) is 22.7 Å². The zero-order chi connectivity index (χ0) is 13.3. The first kappa shape index (κ1) is 13.9. The SMILES string of the molecule is CC1CC(C)CN(c2ccc(C(C)N)cc2Br)C1. The maximum atomic E-state index is 5.92. The summed E-state index contributed by atoms with van der Waals surface area (Å²) in [5.41, 5.74) is 8.41. The third-order valence-electron chi connectivity index (χ3n) is 3.71. The minimum absolute atomic E-state index is 0.0922. The molecule has 0 amide bonds. The highest BCUT2D eigenvalue weighted by Crippen LogP contribution is 2.33. The molecule has 1 aliphatic heterocycles. The first-order valence-electron chi connectivity index (χ1n) is 6.77. The lowest BCUT2D eigenvalue weighted by molar-refractivity contribution is 0.356. The number of hydrogen-bond donors (Lipinski definition) is 1. The molecule has 1 aromatic carbocycles. The van der Waals surface area contributed by atoms with Crippen LogP contribution in [0.2, 0.25) is 0 Å². The van der Waals surface area contributed by atoms with Crippen molar-refractivity contribution in [1.82, 2.24) is 0 Å². The van der Waals surface area contributed by atoms with Gasteiger partial charge in [-0.25, -0.2) is 0 Å². The van der Waals surface area contributed by atoms with Crippen LogP contribution in [-0.4, -0.2) is 13.1 Å². The van der Waals surface area contributed by atoms with Gasteiger partial charge >= 0.3 is 0 Å². The van der Waals surface area contributed by atoms with Crippen molar-refractivity contribution in [1.29, 1.82) is 0 Å². The molecule has 0 saturated carbocycles. The summed E-state index contributed by atoms with van der Waals surface area (Å²) < 4.78 is 1.17. The predicted octanol–water partition coefficient (Wildman–Crippen LogP) is 3.95. The Labute approximate surface area is 119 Å². The van der Waals surface area contributed by atoms with E-state index in [-0.39, 0.29) is 6.04 Å². The highest BCUT2D eigenvalue weighted by molar-refractivity contribution is 9.10. The van der Waals surface area contributed by atoms with E-state index in [1.165, 1.54) is 22.1 Å². The van der Waals surface area contributed by atoms with E-state index in [1.54, 1.807) is 0 Å². The Morgan fingerprint density at radius 2 is 1.89 bits per heavy atom. The van der Waals surface area contributed by atoms with Gasteiger partial charge in [0.05, 0.1) is 5.69 Å². The van der Waals surface area contributed by atoms with Crippen molar-refractivity contribution in [2.45, 2.75) is 33.2 Å². The average Bonchev–Trinajstić information content (AvgIpc) is 2.27. The summed E-state index contributed by atoms with van der Waals surface area (Å²) in [7, 11) is 0. The Balaban J connectivity index is 2.22. The van der Waals surface area contributed by atoms with E-state index in [0.29, 0.717) is 0 Å². The van der Waals surface area contributed by atoms with Crippen molar-refractivity contribution < 1.29 is 0 Å². The minimum atomic E-state index is 0.0922. The Morgan fingerprint density at radius 3 is 2.39 bits per heavy atom. The zero-order valence-corrected chi connectivity index (χ0v) is 13.1. The van der Waals surface area contributed by atoms with Crippen molar-refractivity contribution in [3.63, 3.8) is 0 Å². The number of rotatable bonds is 2. The lowest BCUT2D eigenvalue weighted by Crippen LogP contribution is -2.38. The van der Waals surface area contributed by atoms with Crippen LogP contribution in [0, 0.1) is 11.8 Å². The van der Waals surface area contributed by atoms with Crippen LogP contribution in [0.1, 0.15) is 38.8 Å². The molecule has 1 aliphatic rings. The maximum absolute atomic E-state index is 5.92. The third kappa shape index (κ3) is 3.07. The molecule has 3 atom stereocenters. The van der Waals surface area contributed by atoms with E-state index in [4.69, 9.17) is 5.73 Å². The Bertz CT molecular complexity index is 407. The second-order valence-corrected chi connectivity index (χ2v) is 6.70. The van der Waals surface area contributed by atoms with Gasteiger partial charge in [0, 0.05) is 23.6 Å². The molecule has 0 aromatic heterocycles. The smallest absolute Gasteiger partial charge is 0.0511 e. The lowest BCUT2D eigenvalue weighted by Gasteiger charge is -2.37. The second kappa shape index (κ2) is 5.62. The fourth-order valence-corrected chi connectivity index (χ4v) is 3.57. The van der Waals surface area contributed by atoms with Gasteiger partial charge in [0.1, 0.15) is 0 Å².